The number of H-pyrrole nitrogens is 1. The molecule has 1 aliphatic heterocycles. The van der Waals surface area contributed by atoms with Crippen LogP contribution >= 0.6 is 0 Å². The summed E-state index contributed by atoms with van der Waals surface area (Å²) < 4.78 is 0. The molecule has 4 nitrogen and oxygen atoms in total. The largest absolute Gasteiger partial charge is 0.373 e. The van der Waals surface area contributed by atoms with E-state index in [9.17, 15) is 0 Å². The van der Waals surface area contributed by atoms with Gasteiger partial charge in [0, 0.05) is 40.3 Å². The van der Waals surface area contributed by atoms with E-state index in [1.54, 1.807) is 6.08 Å². The summed E-state index contributed by atoms with van der Waals surface area (Å²) in [6.07, 6.45) is 18.3. The summed E-state index contributed by atoms with van der Waals surface area (Å²) in [7, 11) is 0. The van der Waals surface area contributed by atoms with Crippen LogP contribution in [-0.2, 0) is 6.42 Å². The Labute approximate surface area is 191 Å². The lowest BCUT2D eigenvalue weighted by Crippen LogP contribution is -2.36. The zero-order chi connectivity index (χ0) is 23.1. The van der Waals surface area contributed by atoms with E-state index in [0.29, 0.717) is 5.71 Å². The third kappa shape index (κ3) is 5.27. The monoisotopic (exact) mass is 424 g/mol. The average molecular weight is 425 g/mol. The van der Waals surface area contributed by atoms with Crippen molar-refractivity contribution in [1.29, 1.82) is 5.41 Å². The molecule has 1 unspecified atom stereocenters. The van der Waals surface area contributed by atoms with E-state index in [0.717, 1.165) is 45.4 Å². The minimum atomic E-state index is -0.429. The van der Waals surface area contributed by atoms with Crippen LogP contribution in [0.5, 0.6) is 0 Å². The fraction of sp³-hybridized carbons (Fsp3) is 0.179. The second-order valence-corrected chi connectivity index (χ2v) is 7.79. The molecule has 4 heteroatoms. The van der Waals surface area contributed by atoms with Crippen molar-refractivity contribution in [2.24, 2.45) is 0 Å². The molecule has 2 aromatic rings. The molecule has 0 bridgehead atoms. The highest BCUT2D eigenvalue weighted by Crippen LogP contribution is 2.28. The molecule has 1 aliphatic rings. The summed E-state index contributed by atoms with van der Waals surface area (Å²) in [5.41, 5.74) is 7.39. The van der Waals surface area contributed by atoms with Crippen LogP contribution in [0.1, 0.15) is 31.9 Å². The van der Waals surface area contributed by atoms with Gasteiger partial charge in [-0.15, -0.1) is 0 Å². The van der Waals surface area contributed by atoms with E-state index in [-0.39, 0.29) is 0 Å². The highest BCUT2D eigenvalue weighted by molar-refractivity contribution is 6.08. The highest BCUT2D eigenvalue weighted by atomic mass is 14.9. The number of aromatic nitrogens is 1. The number of nitrogens with one attached hydrogen (secondary N) is 4. The molecule has 0 fully saturated rings. The predicted molar refractivity (Wildman–Crippen MR) is 139 cm³/mol. The van der Waals surface area contributed by atoms with Gasteiger partial charge in [-0.2, -0.15) is 0 Å². The molecule has 1 aromatic carbocycles. The van der Waals surface area contributed by atoms with Gasteiger partial charge in [-0.25, -0.2) is 0 Å². The van der Waals surface area contributed by atoms with E-state index in [4.69, 9.17) is 5.41 Å². The molecule has 164 valence electrons. The van der Waals surface area contributed by atoms with Crippen molar-refractivity contribution in [3.05, 3.63) is 114 Å². The first-order chi connectivity index (χ1) is 15.5. The Morgan fingerprint density at radius 2 is 2.09 bits per heavy atom. The summed E-state index contributed by atoms with van der Waals surface area (Å²) in [5.74, 6) is 0. The molecular formula is C28H32N4. The summed E-state index contributed by atoms with van der Waals surface area (Å²) in [6.45, 7) is 14.6. The Morgan fingerprint density at radius 1 is 1.28 bits per heavy atom. The maximum absolute atomic E-state index is 8.91. The Morgan fingerprint density at radius 3 is 2.75 bits per heavy atom. The molecule has 4 N–H and O–H groups in total. The first-order valence-electron chi connectivity index (χ1n) is 10.9. The lowest BCUT2D eigenvalue weighted by atomic mass is 9.94. The van der Waals surface area contributed by atoms with Gasteiger partial charge in [-0.1, -0.05) is 43.9 Å². The first-order valence-corrected chi connectivity index (χ1v) is 10.9. The molecule has 0 saturated carbocycles. The fourth-order valence-electron chi connectivity index (χ4n) is 3.56. The van der Waals surface area contributed by atoms with Gasteiger partial charge in [0.15, 0.2) is 0 Å². The van der Waals surface area contributed by atoms with Crippen molar-refractivity contribution in [2.75, 3.05) is 0 Å². The van der Waals surface area contributed by atoms with E-state index in [1.165, 1.54) is 5.56 Å². The summed E-state index contributed by atoms with van der Waals surface area (Å²) in [6, 6.07) is 6.02. The minimum absolute atomic E-state index is 0.407. The number of rotatable bonds is 9. The van der Waals surface area contributed by atoms with Crippen LogP contribution in [0, 0.1) is 5.41 Å². The van der Waals surface area contributed by atoms with Crippen molar-refractivity contribution in [3.63, 3.8) is 0 Å². The van der Waals surface area contributed by atoms with Crippen LogP contribution in [0.4, 0.5) is 0 Å². The van der Waals surface area contributed by atoms with Crippen LogP contribution in [0.25, 0.3) is 16.5 Å². The molecule has 0 saturated heterocycles. The second-order valence-electron chi connectivity index (χ2n) is 7.79. The van der Waals surface area contributed by atoms with Gasteiger partial charge < -0.3 is 21.0 Å². The molecule has 0 spiro atoms. The standard InChI is InChI=1S/C28H32N4/c1-6-19(4)15-22(8-3)32-28(26(29)17-23-11-9-10-14-30-23)20(5)25-18-31-27-13-12-21(7-2)16-24(25)27/h6,8-18,28-32H,3,5,7H2,1-2,4H3/b19-6-,22-15+,23-17-,29-26?. The molecular weight excluding hydrogens is 392 g/mol. The van der Waals surface area contributed by atoms with Crippen LogP contribution < -0.4 is 10.6 Å². The molecule has 3 rings (SSSR count). The molecule has 1 atom stereocenters. The van der Waals surface area contributed by atoms with Gasteiger partial charge in [0.1, 0.15) is 0 Å². The lowest BCUT2D eigenvalue weighted by molar-refractivity contribution is 0.851. The van der Waals surface area contributed by atoms with E-state index in [2.05, 4.69) is 53.9 Å². The number of hydrogen-bond donors (Lipinski definition) is 4. The zero-order valence-electron chi connectivity index (χ0n) is 19.1. The number of benzene rings is 1. The topological polar surface area (TPSA) is 63.7 Å². The summed E-state index contributed by atoms with van der Waals surface area (Å²) in [5, 5.41) is 16.7. The van der Waals surface area contributed by atoms with E-state index >= 15 is 0 Å². The molecule has 0 aliphatic carbocycles. The van der Waals surface area contributed by atoms with Crippen LogP contribution in [0.2, 0.25) is 0 Å². The smallest absolute Gasteiger partial charge is 0.0934 e. The van der Waals surface area contributed by atoms with Crippen molar-refractivity contribution < 1.29 is 0 Å². The molecule has 32 heavy (non-hydrogen) atoms. The van der Waals surface area contributed by atoms with Crippen molar-refractivity contribution >= 4 is 22.2 Å². The third-order valence-corrected chi connectivity index (χ3v) is 5.57. The number of fused-ring (bicyclic) bond motifs is 1. The van der Waals surface area contributed by atoms with Crippen LogP contribution in [0.3, 0.4) is 0 Å². The quantitative estimate of drug-likeness (QED) is 0.281. The normalized spacial score (nSPS) is 16.2. The van der Waals surface area contributed by atoms with Gasteiger partial charge in [0.05, 0.1) is 11.8 Å². The molecule has 2 heterocycles. The van der Waals surface area contributed by atoms with E-state index in [1.807, 2.05) is 62.7 Å². The highest BCUT2D eigenvalue weighted by Gasteiger charge is 2.21. The Kier molecular flexibility index (Phi) is 7.50. The first kappa shape index (κ1) is 22.9. The number of hydrogen-bond acceptors (Lipinski definition) is 3. The van der Waals surface area contributed by atoms with E-state index < -0.39 is 6.04 Å². The van der Waals surface area contributed by atoms with Crippen molar-refractivity contribution in [3.8, 4) is 0 Å². The summed E-state index contributed by atoms with van der Waals surface area (Å²) in [4.78, 5) is 3.35. The van der Waals surface area contributed by atoms with Crippen molar-refractivity contribution in [2.45, 2.75) is 33.2 Å². The van der Waals surface area contributed by atoms with Crippen molar-refractivity contribution in [1.82, 2.24) is 15.6 Å². The molecule has 0 amide bonds. The minimum Gasteiger partial charge on any atom is -0.373 e. The van der Waals surface area contributed by atoms with Gasteiger partial charge in [-0.3, -0.25) is 0 Å². The van der Waals surface area contributed by atoms with Gasteiger partial charge in [0.2, 0.25) is 0 Å². The number of aryl methyl sites for hydroxylation is 1. The van der Waals surface area contributed by atoms with Crippen LogP contribution in [-0.4, -0.2) is 16.7 Å². The second kappa shape index (κ2) is 10.5. The maximum atomic E-state index is 8.91. The van der Waals surface area contributed by atoms with Gasteiger partial charge in [0.25, 0.3) is 0 Å². The molecule has 0 radical (unpaired) electrons. The number of dihydropyridines is 1. The third-order valence-electron chi connectivity index (χ3n) is 5.57. The van der Waals surface area contributed by atoms with Crippen LogP contribution in [0.15, 0.2) is 103 Å². The maximum Gasteiger partial charge on any atom is 0.0934 e. The predicted octanol–water partition coefficient (Wildman–Crippen LogP) is 6.31. The van der Waals surface area contributed by atoms with Gasteiger partial charge >= 0.3 is 0 Å². The number of allylic oxidation sites excluding steroid dienone is 7. The average Bonchev–Trinajstić information content (AvgIpc) is 3.24. The Hall–Kier alpha value is -3.79. The SMILES string of the molecule is C=C/C(=C\C(C)=C/C)NC(C(=C)c1c[nH]c2ccc(CC)cc12)C(=N)/C=C1/C=CC=CN1. The zero-order valence-corrected chi connectivity index (χ0v) is 19.1. The van der Waals surface area contributed by atoms with Gasteiger partial charge in [-0.05, 0) is 73.9 Å². The lowest BCUT2D eigenvalue weighted by Gasteiger charge is -2.23. The molecule has 1 aromatic heterocycles. The Balaban J connectivity index is 2.03. The Bertz CT molecular complexity index is 1180. The summed E-state index contributed by atoms with van der Waals surface area (Å²) >= 11 is 0. The number of aromatic amines is 1. The fourth-order valence-corrected chi connectivity index (χ4v) is 3.56.